The molecular weight excluding hydrogens is 456 g/mol. The number of hydrogen-bond acceptors (Lipinski definition) is 3. The predicted octanol–water partition coefficient (Wildman–Crippen LogP) is 9.44. The Labute approximate surface area is 223 Å². The maximum Gasteiger partial charge on any atom is 0.123 e. The molecule has 37 heavy (non-hydrogen) atoms. The minimum atomic E-state index is 0.0908. The van der Waals surface area contributed by atoms with Gasteiger partial charge in [-0.25, -0.2) is 0 Å². The molecule has 0 aliphatic heterocycles. The summed E-state index contributed by atoms with van der Waals surface area (Å²) < 4.78 is 0. The lowest BCUT2D eigenvalue weighted by Crippen LogP contribution is -1.88. The molecule has 0 fully saturated rings. The second-order valence-corrected chi connectivity index (χ2v) is 10.4. The van der Waals surface area contributed by atoms with Crippen LogP contribution in [0.25, 0.3) is 12.2 Å². The molecule has 0 aliphatic rings. The minimum Gasteiger partial charge on any atom is -0.508 e. The lowest BCUT2D eigenvalue weighted by Gasteiger charge is -2.08. The lowest BCUT2D eigenvalue weighted by atomic mass is 10.0. The van der Waals surface area contributed by atoms with Gasteiger partial charge in [-0.15, -0.1) is 0 Å². The summed E-state index contributed by atoms with van der Waals surface area (Å²) in [5.74, 6) is 0.468. The molecule has 0 saturated heterocycles. The summed E-state index contributed by atoms with van der Waals surface area (Å²) in [5, 5.41) is 31.4. The summed E-state index contributed by atoms with van der Waals surface area (Å²) in [6.45, 7) is 12.6. The van der Waals surface area contributed by atoms with Crippen molar-refractivity contribution in [1.82, 2.24) is 0 Å². The van der Waals surface area contributed by atoms with Gasteiger partial charge in [-0.3, -0.25) is 0 Å². The van der Waals surface area contributed by atoms with E-state index in [9.17, 15) is 15.3 Å². The van der Waals surface area contributed by atoms with E-state index in [1.54, 1.807) is 18.2 Å². The van der Waals surface area contributed by atoms with Crippen LogP contribution in [0, 0.1) is 0 Å². The number of hydrogen-bond donors (Lipinski definition) is 3. The fourth-order valence-corrected chi connectivity index (χ4v) is 3.97. The second-order valence-electron chi connectivity index (χ2n) is 10.4. The molecule has 0 aromatic heterocycles. The first-order valence-corrected chi connectivity index (χ1v) is 13.2. The summed E-state index contributed by atoms with van der Waals surface area (Å²) >= 11 is 0. The van der Waals surface area contributed by atoms with Gasteiger partial charge in [0.1, 0.15) is 17.2 Å². The predicted molar refractivity (Wildman–Crippen MR) is 159 cm³/mol. The van der Waals surface area contributed by atoms with Crippen LogP contribution in [0.15, 0.2) is 76.9 Å². The van der Waals surface area contributed by atoms with Gasteiger partial charge in [0.2, 0.25) is 0 Å². The van der Waals surface area contributed by atoms with E-state index in [0.29, 0.717) is 24.0 Å². The fourth-order valence-electron chi connectivity index (χ4n) is 3.97. The first-order chi connectivity index (χ1) is 17.5. The molecule has 2 aromatic rings. The van der Waals surface area contributed by atoms with Crippen molar-refractivity contribution < 1.29 is 15.3 Å². The smallest absolute Gasteiger partial charge is 0.123 e. The molecular formula is C34H44O3. The largest absolute Gasteiger partial charge is 0.508 e. The Kier molecular flexibility index (Phi) is 12.0. The Balaban J connectivity index is 2.08. The summed E-state index contributed by atoms with van der Waals surface area (Å²) in [6.07, 6.45) is 17.7. The zero-order valence-electron chi connectivity index (χ0n) is 23.4. The number of rotatable bonds is 12. The highest BCUT2D eigenvalue weighted by Gasteiger charge is 2.08. The highest BCUT2D eigenvalue weighted by molar-refractivity contribution is 5.72. The Morgan fingerprint density at radius 1 is 0.595 bits per heavy atom. The Hall–Kier alpha value is -3.46. The molecule has 0 heterocycles. The number of allylic oxidation sites excluding steroid dienone is 8. The summed E-state index contributed by atoms with van der Waals surface area (Å²) in [6, 6.07) is 8.90. The third-order valence-electron chi connectivity index (χ3n) is 6.30. The van der Waals surface area contributed by atoms with Crippen LogP contribution in [0.2, 0.25) is 0 Å². The van der Waals surface area contributed by atoms with Gasteiger partial charge in [-0.05, 0) is 121 Å². The molecule has 0 bridgehead atoms. The van der Waals surface area contributed by atoms with E-state index in [0.717, 1.165) is 36.8 Å². The van der Waals surface area contributed by atoms with Crippen molar-refractivity contribution in [3.8, 4) is 17.2 Å². The van der Waals surface area contributed by atoms with E-state index >= 15 is 0 Å². The van der Waals surface area contributed by atoms with E-state index in [1.165, 1.54) is 22.3 Å². The molecule has 2 aromatic carbocycles. The molecule has 0 atom stereocenters. The van der Waals surface area contributed by atoms with Crippen LogP contribution >= 0.6 is 0 Å². The molecule has 0 aliphatic carbocycles. The van der Waals surface area contributed by atoms with Gasteiger partial charge in [0.15, 0.2) is 0 Å². The highest BCUT2D eigenvalue weighted by Crippen LogP contribution is 2.31. The quantitative estimate of drug-likeness (QED) is 0.201. The third kappa shape index (κ3) is 11.0. The van der Waals surface area contributed by atoms with Crippen LogP contribution in [0.1, 0.15) is 89.5 Å². The number of phenolic OH excluding ortho intramolecular Hbond substituents is 3. The molecule has 3 heteroatoms. The first-order valence-electron chi connectivity index (χ1n) is 13.2. The zero-order chi connectivity index (χ0) is 27.4. The number of phenols is 3. The van der Waals surface area contributed by atoms with Crippen molar-refractivity contribution in [1.29, 1.82) is 0 Å². The number of benzene rings is 2. The van der Waals surface area contributed by atoms with E-state index < -0.39 is 0 Å². The van der Waals surface area contributed by atoms with E-state index in [1.807, 2.05) is 24.3 Å². The molecule has 0 saturated carbocycles. The van der Waals surface area contributed by atoms with E-state index in [2.05, 4.69) is 65.8 Å². The average molecular weight is 501 g/mol. The van der Waals surface area contributed by atoms with Gasteiger partial charge in [-0.2, -0.15) is 0 Å². The standard InChI is InChI=1S/C34H44O3/c1-24(2)9-7-11-26(5)13-18-30-21-28(17-20-32(30)35)15-16-29-22-33(36)31(34(37)23-29)19-14-27(6)12-8-10-25(3)4/h9-10,13-17,20-23,35-37H,7-8,11-12,18-19H2,1-6H3/b16-15+,26-13+,27-14+. The van der Waals surface area contributed by atoms with Crippen LogP contribution in [0.4, 0.5) is 0 Å². The highest BCUT2D eigenvalue weighted by atomic mass is 16.3. The summed E-state index contributed by atoms with van der Waals surface area (Å²) in [5.41, 5.74) is 8.26. The van der Waals surface area contributed by atoms with Crippen molar-refractivity contribution in [2.45, 2.75) is 80.1 Å². The van der Waals surface area contributed by atoms with Gasteiger partial charge in [0.05, 0.1) is 0 Å². The van der Waals surface area contributed by atoms with Gasteiger partial charge in [-0.1, -0.05) is 64.8 Å². The van der Waals surface area contributed by atoms with E-state index in [-0.39, 0.29) is 17.2 Å². The van der Waals surface area contributed by atoms with Gasteiger partial charge in [0.25, 0.3) is 0 Å². The lowest BCUT2D eigenvalue weighted by molar-refractivity contribution is 0.440. The minimum absolute atomic E-state index is 0.0908. The molecule has 0 amide bonds. The molecule has 2 rings (SSSR count). The molecule has 0 radical (unpaired) electrons. The van der Waals surface area contributed by atoms with Crippen LogP contribution in [-0.2, 0) is 12.8 Å². The SMILES string of the molecule is CC(C)=CCC/C(C)=C/Cc1cc(/C=C/c2cc(O)c(C/C=C(\C)CCC=C(C)C)c(O)c2)ccc1O. The first kappa shape index (κ1) is 29.8. The zero-order valence-corrected chi connectivity index (χ0v) is 23.4. The van der Waals surface area contributed by atoms with Gasteiger partial charge >= 0.3 is 0 Å². The van der Waals surface area contributed by atoms with Crippen molar-refractivity contribution in [2.24, 2.45) is 0 Å². The monoisotopic (exact) mass is 500 g/mol. The summed E-state index contributed by atoms with van der Waals surface area (Å²) in [4.78, 5) is 0. The maximum absolute atomic E-state index is 10.5. The van der Waals surface area contributed by atoms with Crippen LogP contribution in [0.3, 0.4) is 0 Å². The van der Waals surface area contributed by atoms with Gasteiger partial charge < -0.3 is 15.3 Å². The van der Waals surface area contributed by atoms with E-state index in [4.69, 9.17) is 0 Å². The fraction of sp³-hybridized carbons (Fsp3) is 0.353. The maximum atomic E-state index is 10.5. The topological polar surface area (TPSA) is 60.7 Å². The van der Waals surface area contributed by atoms with Crippen molar-refractivity contribution in [2.75, 3.05) is 0 Å². The Morgan fingerprint density at radius 3 is 1.65 bits per heavy atom. The molecule has 198 valence electrons. The second kappa shape index (κ2) is 14.9. The summed E-state index contributed by atoms with van der Waals surface area (Å²) in [7, 11) is 0. The third-order valence-corrected chi connectivity index (χ3v) is 6.30. The van der Waals surface area contributed by atoms with Gasteiger partial charge in [0, 0.05) is 5.56 Å². The van der Waals surface area contributed by atoms with Crippen LogP contribution in [-0.4, -0.2) is 15.3 Å². The molecule has 3 N–H and O–H groups in total. The van der Waals surface area contributed by atoms with Crippen molar-refractivity contribution in [3.63, 3.8) is 0 Å². The Bertz CT molecular complexity index is 1170. The van der Waals surface area contributed by atoms with Crippen molar-refractivity contribution in [3.05, 3.63) is 99.2 Å². The number of aromatic hydroxyl groups is 3. The molecule has 0 unspecified atom stereocenters. The van der Waals surface area contributed by atoms with Crippen LogP contribution in [0.5, 0.6) is 17.2 Å². The van der Waals surface area contributed by atoms with Crippen molar-refractivity contribution >= 4 is 12.2 Å². The average Bonchev–Trinajstić information content (AvgIpc) is 2.81. The Morgan fingerprint density at radius 2 is 1.11 bits per heavy atom. The van der Waals surface area contributed by atoms with Crippen LogP contribution < -0.4 is 0 Å². The normalized spacial score (nSPS) is 12.2. The molecule has 3 nitrogen and oxygen atoms in total. The molecule has 0 spiro atoms.